The van der Waals surface area contributed by atoms with E-state index in [9.17, 15) is 4.79 Å². The molecule has 0 unspecified atom stereocenters. The maximum Gasteiger partial charge on any atom is 0.272 e. The molecule has 2 aromatic rings. The maximum absolute atomic E-state index is 13.1. The number of rotatable bonds is 4. The third-order valence-electron chi connectivity index (χ3n) is 5.88. The van der Waals surface area contributed by atoms with E-state index < -0.39 is 0 Å². The Bertz CT molecular complexity index is 809. The summed E-state index contributed by atoms with van der Waals surface area (Å²) in [5.74, 6) is 1.62. The smallest absolute Gasteiger partial charge is 0.272 e. The molecule has 1 aromatic heterocycles. The first-order chi connectivity index (χ1) is 14.2. The number of benzene rings is 1. The van der Waals surface area contributed by atoms with Gasteiger partial charge >= 0.3 is 0 Å². The van der Waals surface area contributed by atoms with Crippen molar-refractivity contribution in [2.75, 3.05) is 44.2 Å². The van der Waals surface area contributed by atoms with Gasteiger partial charge in [0.15, 0.2) is 0 Å². The van der Waals surface area contributed by atoms with Crippen molar-refractivity contribution in [3.8, 4) is 0 Å². The second-order valence-electron chi connectivity index (χ2n) is 8.11. The van der Waals surface area contributed by atoms with E-state index in [-0.39, 0.29) is 5.91 Å². The van der Waals surface area contributed by atoms with Gasteiger partial charge in [-0.25, -0.2) is 9.97 Å². The molecule has 6 heteroatoms. The van der Waals surface area contributed by atoms with Gasteiger partial charge in [0.05, 0.1) is 0 Å². The third kappa shape index (κ3) is 5.12. The quantitative estimate of drug-likeness (QED) is 0.799. The summed E-state index contributed by atoms with van der Waals surface area (Å²) in [5.41, 5.74) is 1.86. The molecule has 2 fully saturated rings. The molecule has 0 saturated carbocycles. The van der Waals surface area contributed by atoms with Gasteiger partial charge in [0.25, 0.3) is 5.91 Å². The Balaban J connectivity index is 1.39. The van der Waals surface area contributed by atoms with Crippen LogP contribution in [-0.4, -0.2) is 64.9 Å². The van der Waals surface area contributed by atoms with E-state index in [0.29, 0.717) is 11.5 Å². The van der Waals surface area contributed by atoms with Crippen LogP contribution in [0.3, 0.4) is 0 Å². The van der Waals surface area contributed by atoms with Crippen molar-refractivity contribution in [2.45, 2.75) is 39.2 Å². The monoisotopic (exact) mass is 393 g/mol. The summed E-state index contributed by atoms with van der Waals surface area (Å²) in [6, 6.07) is 12.4. The van der Waals surface area contributed by atoms with Gasteiger partial charge < -0.3 is 9.80 Å². The predicted octanol–water partition coefficient (Wildman–Crippen LogP) is 3.12. The molecule has 0 aliphatic carbocycles. The van der Waals surface area contributed by atoms with Gasteiger partial charge in [0.1, 0.15) is 17.3 Å². The van der Waals surface area contributed by atoms with E-state index in [4.69, 9.17) is 0 Å². The molecular weight excluding hydrogens is 362 g/mol. The summed E-state index contributed by atoms with van der Waals surface area (Å²) < 4.78 is 0. The van der Waals surface area contributed by atoms with E-state index >= 15 is 0 Å². The molecule has 1 amide bonds. The van der Waals surface area contributed by atoms with Gasteiger partial charge in [-0.2, -0.15) is 0 Å². The molecule has 2 aliphatic rings. The highest BCUT2D eigenvalue weighted by atomic mass is 16.2. The van der Waals surface area contributed by atoms with Gasteiger partial charge in [-0.3, -0.25) is 9.69 Å². The fraction of sp³-hybridized carbons (Fsp3) is 0.522. The number of piperazine rings is 1. The van der Waals surface area contributed by atoms with Crippen LogP contribution >= 0.6 is 0 Å². The van der Waals surface area contributed by atoms with Gasteiger partial charge in [-0.15, -0.1) is 0 Å². The van der Waals surface area contributed by atoms with E-state index in [1.807, 2.05) is 24.0 Å². The van der Waals surface area contributed by atoms with E-state index in [1.165, 1.54) is 31.2 Å². The maximum atomic E-state index is 13.1. The minimum atomic E-state index is 0.0333. The molecule has 2 aliphatic heterocycles. The lowest BCUT2D eigenvalue weighted by Gasteiger charge is -2.34. The third-order valence-corrected chi connectivity index (χ3v) is 5.88. The van der Waals surface area contributed by atoms with Crippen molar-refractivity contribution >= 4 is 11.7 Å². The van der Waals surface area contributed by atoms with Crippen LogP contribution in [0.2, 0.25) is 0 Å². The summed E-state index contributed by atoms with van der Waals surface area (Å²) in [6.45, 7) is 8.13. The van der Waals surface area contributed by atoms with Crippen LogP contribution < -0.4 is 4.90 Å². The van der Waals surface area contributed by atoms with Crippen LogP contribution in [0.15, 0.2) is 36.4 Å². The van der Waals surface area contributed by atoms with Gasteiger partial charge in [-0.1, -0.05) is 43.2 Å². The summed E-state index contributed by atoms with van der Waals surface area (Å²) in [6.07, 6.45) is 4.94. The van der Waals surface area contributed by atoms with Crippen molar-refractivity contribution in [1.29, 1.82) is 0 Å². The van der Waals surface area contributed by atoms with E-state index in [1.54, 1.807) is 0 Å². The van der Waals surface area contributed by atoms with Crippen LogP contribution in [-0.2, 0) is 6.54 Å². The minimum Gasteiger partial charge on any atom is -0.356 e. The molecule has 0 N–H and O–H groups in total. The van der Waals surface area contributed by atoms with E-state index in [0.717, 1.165) is 51.6 Å². The Kier molecular flexibility index (Phi) is 6.39. The first-order valence-corrected chi connectivity index (χ1v) is 10.9. The van der Waals surface area contributed by atoms with Crippen molar-refractivity contribution in [3.63, 3.8) is 0 Å². The van der Waals surface area contributed by atoms with Gasteiger partial charge in [0.2, 0.25) is 0 Å². The number of carbonyl (C=O) groups excluding carboxylic acids is 1. The largest absolute Gasteiger partial charge is 0.356 e. The Labute approximate surface area is 173 Å². The first kappa shape index (κ1) is 19.8. The zero-order chi connectivity index (χ0) is 20.1. The molecule has 2 saturated heterocycles. The molecule has 29 heavy (non-hydrogen) atoms. The lowest BCUT2D eigenvalue weighted by atomic mass is 10.2. The number of hydrogen-bond donors (Lipinski definition) is 0. The first-order valence-electron chi connectivity index (χ1n) is 10.9. The summed E-state index contributed by atoms with van der Waals surface area (Å²) in [7, 11) is 0. The average molecular weight is 394 g/mol. The number of amides is 1. The van der Waals surface area contributed by atoms with E-state index in [2.05, 4.69) is 44.0 Å². The number of carbonyl (C=O) groups is 1. The standard InChI is InChI=1S/C23H31N5O/c1-19-24-21(17-22(25-19)27-11-7-2-3-8-12-27)23(29)28-15-13-26(14-16-28)18-20-9-5-4-6-10-20/h4-6,9-10,17H,2-3,7-8,11-16,18H2,1H3. The molecule has 0 radical (unpaired) electrons. The summed E-state index contributed by atoms with van der Waals surface area (Å²) in [4.78, 5) is 28.9. The zero-order valence-electron chi connectivity index (χ0n) is 17.4. The zero-order valence-corrected chi connectivity index (χ0v) is 17.4. The van der Waals surface area contributed by atoms with Gasteiger partial charge in [0, 0.05) is 51.9 Å². The normalized spacial score (nSPS) is 18.5. The number of anilines is 1. The molecule has 6 nitrogen and oxygen atoms in total. The lowest BCUT2D eigenvalue weighted by molar-refractivity contribution is 0.0622. The SMILES string of the molecule is Cc1nc(C(=O)N2CCN(Cc3ccccc3)CC2)cc(N2CCCCCC2)n1. The predicted molar refractivity (Wildman–Crippen MR) is 115 cm³/mol. The fourth-order valence-corrected chi connectivity index (χ4v) is 4.24. The molecule has 4 rings (SSSR count). The molecule has 0 spiro atoms. The fourth-order valence-electron chi connectivity index (χ4n) is 4.24. The number of hydrogen-bond acceptors (Lipinski definition) is 5. The molecule has 0 bridgehead atoms. The van der Waals surface area contributed by atoms with Crippen molar-refractivity contribution < 1.29 is 4.79 Å². The minimum absolute atomic E-state index is 0.0333. The van der Waals surface area contributed by atoms with Crippen LogP contribution in [0, 0.1) is 6.92 Å². The molecule has 0 atom stereocenters. The Morgan fingerprint density at radius 2 is 1.59 bits per heavy atom. The Hall–Kier alpha value is -2.47. The molecule has 1 aromatic carbocycles. The van der Waals surface area contributed by atoms with Gasteiger partial charge in [-0.05, 0) is 25.3 Å². The average Bonchev–Trinajstić information content (AvgIpc) is 3.04. The highest BCUT2D eigenvalue weighted by molar-refractivity contribution is 5.93. The Morgan fingerprint density at radius 3 is 2.28 bits per heavy atom. The highest BCUT2D eigenvalue weighted by Crippen LogP contribution is 2.19. The highest BCUT2D eigenvalue weighted by Gasteiger charge is 2.24. The van der Waals surface area contributed by atoms with Crippen molar-refractivity contribution in [3.05, 3.63) is 53.5 Å². The summed E-state index contributed by atoms with van der Waals surface area (Å²) >= 11 is 0. The van der Waals surface area contributed by atoms with Crippen molar-refractivity contribution in [1.82, 2.24) is 19.8 Å². The Morgan fingerprint density at radius 1 is 0.897 bits per heavy atom. The van der Waals surface area contributed by atoms with Crippen LogP contribution in [0.1, 0.15) is 47.6 Å². The second kappa shape index (κ2) is 9.35. The second-order valence-corrected chi connectivity index (χ2v) is 8.11. The number of aryl methyl sites for hydroxylation is 1. The molecule has 154 valence electrons. The van der Waals surface area contributed by atoms with Crippen LogP contribution in [0.5, 0.6) is 0 Å². The molecule has 3 heterocycles. The number of nitrogens with zero attached hydrogens (tertiary/aromatic N) is 5. The van der Waals surface area contributed by atoms with Crippen LogP contribution in [0.25, 0.3) is 0 Å². The lowest BCUT2D eigenvalue weighted by Crippen LogP contribution is -2.48. The number of aromatic nitrogens is 2. The summed E-state index contributed by atoms with van der Waals surface area (Å²) in [5, 5.41) is 0. The topological polar surface area (TPSA) is 52.6 Å². The van der Waals surface area contributed by atoms with Crippen molar-refractivity contribution in [2.24, 2.45) is 0 Å². The molecular formula is C23H31N5O. The van der Waals surface area contributed by atoms with Crippen LogP contribution in [0.4, 0.5) is 5.82 Å².